The summed E-state index contributed by atoms with van der Waals surface area (Å²) < 4.78 is 0. The third-order valence-electron chi connectivity index (χ3n) is 10.3. The first-order valence-electron chi connectivity index (χ1n) is 18.4. The molecule has 6 aliphatic rings. The van der Waals surface area contributed by atoms with Crippen LogP contribution in [0.3, 0.4) is 0 Å². The molecule has 21 heteroatoms. The molecule has 21 nitrogen and oxygen atoms in total. The molecule has 0 atom stereocenters. The monoisotopic (exact) mass is 763 g/mol. The minimum Gasteiger partial charge on any atom is -0.672 e. The molecule has 4 fully saturated rings. The van der Waals surface area contributed by atoms with Crippen molar-refractivity contribution in [3.8, 4) is 0 Å². The Hall–Kier alpha value is -6.90. The number of nitrogens with one attached hydrogen (secondary N) is 2. The van der Waals surface area contributed by atoms with Crippen LogP contribution >= 0.6 is 0 Å². The van der Waals surface area contributed by atoms with E-state index in [1.165, 1.54) is 12.2 Å². The van der Waals surface area contributed by atoms with E-state index in [0.29, 0.717) is 42.5 Å². The molecule has 4 saturated heterocycles. The largest absolute Gasteiger partial charge is 0.672 e. The van der Waals surface area contributed by atoms with Crippen molar-refractivity contribution in [2.75, 3.05) is 86.2 Å². The molecule has 0 spiro atoms. The van der Waals surface area contributed by atoms with E-state index < -0.39 is 11.6 Å². The normalized spacial score (nSPS) is 19.5. The van der Waals surface area contributed by atoms with Gasteiger partial charge in [-0.1, -0.05) is 22.3 Å². The zero-order chi connectivity index (χ0) is 38.5. The molecule has 0 bridgehead atoms. The number of fused-ring (bicyclic) bond motifs is 2. The van der Waals surface area contributed by atoms with Gasteiger partial charge in [-0.15, -0.1) is 10.5 Å². The summed E-state index contributed by atoms with van der Waals surface area (Å²) in [7, 11) is 0. The number of anilines is 2. The lowest BCUT2D eigenvalue weighted by atomic mass is 10.0. The van der Waals surface area contributed by atoms with E-state index in [-0.39, 0.29) is 45.3 Å². The van der Waals surface area contributed by atoms with Crippen LogP contribution in [0.25, 0.3) is 0 Å². The highest BCUT2D eigenvalue weighted by molar-refractivity contribution is 6.23. The predicted octanol–water partition coefficient (Wildman–Crippen LogP) is -1.53. The Morgan fingerprint density at radius 1 is 0.589 bits per heavy atom. The van der Waals surface area contributed by atoms with Gasteiger partial charge in [-0.3, -0.25) is 19.2 Å². The second kappa shape index (κ2) is 14.1. The van der Waals surface area contributed by atoms with Crippen LogP contribution in [0.2, 0.25) is 0 Å². The van der Waals surface area contributed by atoms with Crippen molar-refractivity contribution in [3.63, 3.8) is 0 Å². The second-order valence-corrected chi connectivity index (χ2v) is 14.0. The van der Waals surface area contributed by atoms with Gasteiger partial charge in [0, 0.05) is 89.7 Å². The molecule has 56 heavy (non-hydrogen) atoms. The number of carbonyl (C=O) groups is 4. The first-order chi connectivity index (χ1) is 27.2. The molecule has 10 rings (SSSR count). The number of hydrazine groups is 1. The molecule has 4 aromatic heterocycles. The Bertz CT molecular complexity index is 2110. The molecule has 0 saturated carbocycles. The Balaban J connectivity index is 0.000000146. The SMILES string of the molecule is O=C1C(N2CC2)=CC(=O)c2c1n[n+]([O-])n2NC1CCN(c2ccccn2)CC1.O=C1C(N2CC2)=CC(=O)c2c1n[n+]([O-])n2NN1CCN(c2ccccn2)CC1. The van der Waals surface area contributed by atoms with E-state index in [0.717, 1.165) is 73.3 Å². The van der Waals surface area contributed by atoms with Crippen LogP contribution in [0.4, 0.5) is 11.6 Å². The summed E-state index contributed by atoms with van der Waals surface area (Å²) in [5, 5.41) is 33.9. The highest BCUT2D eigenvalue weighted by Gasteiger charge is 2.42. The van der Waals surface area contributed by atoms with Gasteiger partial charge < -0.3 is 30.0 Å². The summed E-state index contributed by atoms with van der Waals surface area (Å²) in [5.74, 6) is 0.276. The first-order valence-corrected chi connectivity index (χ1v) is 18.4. The standard InChI is InChI=1S/C18H19N7O3.C17H18N8O3/c26-14-11-13(22-9-10-22)18(27)16-17(14)24(25(28)21-16)20-12-4-7-23(8-5-12)15-3-1-2-6-19-15;26-13-11-12(21-5-6-21)17(27)15-16(13)24(25(28)19-15)20-23-9-7-22(8-10-23)14-3-1-2-4-18-14/h1-3,6,11-12,20H,4-5,7-10H2;1-4,11,20H,5-10H2. The van der Waals surface area contributed by atoms with Crippen LogP contribution in [0, 0.1) is 10.4 Å². The number of piperazine rings is 1. The quantitative estimate of drug-likeness (QED) is 0.118. The maximum absolute atomic E-state index is 12.6. The van der Waals surface area contributed by atoms with E-state index in [4.69, 9.17) is 0 Å². The summed E-state index contributed by atoms with van der Waals surface area (Å²) in [6.45, 7) is 7.09. The fourth-order valence-electron chi connectivity index (χ4n) is 7.15. The van der Waals surface area contributed by atoms with Crippen LogP contribution in [0.5, 0.6) is 0 Å². The maximum Gasteiger partial charge on any atom is 0.234 e. The van der Waals surface area contributed by atoms with E-state index in [1.54, 1.807) is 22.2 Å². The molecule has 0 unspecified atom stereocenters. The van der Waals surface area contributed by atoms with E-state index in [9.17, 15) is 29.6 Å². The lowest BCUT2D eigenvalue weighted by Gasteiger charge is -2.32. The Kier molecular flexibility index (Phi) is 8.75. The predicted molar refractivity (Wildman–Crippen MR) is 195 cm³/mol. The molecule has 8 heterocycles. The van der Waals surface area contributed by atoms with Gasteiger partial charge in [0.2, 0.25) is 34.5 Å². The average molecular weight is 764 g/mol. The van der Waals surface area contributed by atoms with Gasteiger partial charge in [-0.05, 0) is 43.8 Å². The van der Waals surface area contributed by atoms with Gasteiger partial charge in [0.05, 0.1) is 24.5 Å². The number of ketones is 4. The number of aromatic nitrogens is 8. The van der Waals surface area contributed by atoms with Crippen LogP contribution in [-0.4, -0.2) is 139 Å². The molecule has 288 valence electrons. The third-order valence-corrected chi connectivity index (χ3v) is 10.3. The number of allylic oxidation sites excluding steroid dienone is 4. The Morgan fingerprint density at radius 2 is 1.05 bits per heavy atom. The number of hydrogen-bond donors (Lipinski definition) is 2. The maximum atomic E-state index is 12.6. The van der Waals surface area contributed by atoms with Crippen LogP contribution in [0.1, 0.15) is 54.8 Å². The van der Waals surface area contributed by atoms with Crippen LogP contribution in [0.15, 0.2) is 72.3 Å². The van der Waals surface area contributed by atoms with Crippen molar-refractivity contribution in [1.29, 1.82) is 0 Å². The smallest absolute Gasteiger partial charge is 0.234 e. The lowest BCUT2D eigenvalue weighted by molar-refractivity contribution is -0.746. The molecular weight excluding hydrogens is 726 g/mol. The van der Waals surface area contributed by atoms with Gasteiger partial charge in [0.15, 0.2) is 11.4 Å². The van der Waals surface area contributed by atoms with Crippen LogP contribution < -0.4 is 30.7 Å². The Morgan fingerprint density at radius 3 is 1.54 bits per heavy atom. The fourth-order valence-corrected chi connectivity index (χ4v) is 7.15. The summed E-state index contributed by atoms with van der Waals surface area (Å²) >= 11 is 0. The van der Waals surface area contributed by atoms with E-state index in [1.807, 2.05) is 41.4 Å². The number of nitrogens with zero attached hydrogens (tertiary/aromatic N) is 13. The summed E-state index contributed by atoms with van der Waals surface area (Å²) in [5.41, 5.74) is 6.43. The van der Waals surface area contributed by atoms with E-state index >= 15 is 0 Å². The van der Waals surface area contributed by atoms with E-state index in [2.05, 4.69) is 40.9 Å². The van der Waals surface area contributed by atoms with Gasteiger partial charge in [-0.25, -0.2) is 9.97 Å². The topological polar surface area (TPSA) is 223 Å². The summed E-state index contributed by atoms with van der Waals surface area (Å²) in [4.78, 5) is 69.5. The van der Waals surface area contributed by atoms with Gasteiger partial charge in [0.1, 0.15) is 17.7 Å². The molecule has 2 aliphatic carbocycles. The molecule has 0 radical (unpaired) electrons. The number of pyridine rings is 2. The summed E-state index contributed by atoms with van der Waals surface area (Å²) in [6, 6.07) is 11.5. The zero-order valence-electron chi connectivity index (χ0n) is 30.1. The van der Waals surface area contributed by atoms with Crippen molar-refractivity contribution >= 4 is 34.8 Å². The molecule has 0 amide bonds. The molecule has 4 aromatic rings. The van der Waals surface area contributed by atoms with Gasteiger partial charge in [-0.2, -0.15) is 5.43 Å². The number of carbonyl (C=O) groups excluding carboxylic acids is 4. The van der Waals surface area contributed by atoms with Crippen molar-refractivity contribution in [3.05, 3.63) is 106 Å². The fraction of sp³-hybridized carbons (Fsp3) is 0.371. The van der Waals surface area contributed by atoms with Crippen molar-refractivity contribution < 1.29 is 29.1 Å². The molecule has 2 N–H and O–H groups in total. The zero-order valence-corrected chi connectivity index (χ0v) is 30.1. The molecule has 4 aliphatic heterocycles. The van der Waals surface area contributed by atoms with Gasteiger partial charge in [0.25, 0.3) is 0 Å². The number of rotatable bonds is 8. The number of hydrogen-bond acceptors (Lipinski definition) is 17. The first kappa shape index (κ1) is 34.8. The van der Waals surface area contributed by atoms with Crippen LogP contribution in [-0.2, 0) is 0 Å². The molecule has 0 aromatic carbocycles. The second-order valence-electron chi connectivity index (χ2n) is 14.0. The number of piperidine rings is 1. The highest BCUT2D eigenvalue weighted by atomic mass is 16.5. The Labute approximate surface area is 318 Å². The minimum absolute atomic E-state index is 0.0118. The molecular formula is C35H37N15O6. The summed E-state index contributed by atoms with van der Waals surface area (Å²) in [6.07, 6.45) is 7.64. The number of Topliss-reactive ketones (excluding diaryl/α,β-unsaturated/α-hetero) is 2. The third kappa shape index (κ3) is 6.61. The van der Waals surface area contributed by atoms with Gasteiger partial charge >= 0.3 is 0 Å². The van der Waals surface area contributed by atoms with Crippen molar-refractivity contribution in [2.45, 2.75) is 18.9 Å². The lowest BCUT2D eigenvalue weighted by Crippen LogP contribution is -2.56. The average Bonchev–Trinajstić information content (AvgIpc) is 4.17. The van der Waals surface area contributed by atoms with Crippen molar-refractivity contribution in [1.82, 2.24) is 44.6 Å². The minimum atomic E-state index is -0.404. The van der Waals surface area contributed by atoms with Crippen molar-refractivity contribution in [2.24, 2.45) is 0 Å². The highest BCUT2D eigenvalue weighted by Crippen LogP contribution is 2.27.